The van der Waals surface area contributed by atoms with Crippen LogP contribution in [0.4, 0.5) is 5.69 Å². The number of ether oxygens (including phenoxy) is 1. The van der Waals surface area contributed by atoms with Gasteiger partial charge in [0.1, 0.15) is 0 Å². The fraction of sp³-hybridized carbons (Fsp3) is 0.400. The van der Waals surface area contributed by atoms with Gasteiger partial charge in [0.15, 0.2) is 0 Å². The van der Waals surface area contributed by atoms with Crippen LogP contribution >= 0.6 is 0 Å². The molecular weight excluding hydrogens is 466 g/mol. The smallest absolute Gasteiger partial charge is 0.312 e. The molecule has 7 heteroatoms. The Morgan fingerprint density at radius 1 is 1.19 bits per heavy atom. The van der Waals surface area contributed by atoms with Crippen molar-refractivity contribution in [1.82, 2.24) is 5.32 Å². The molecule has 2 aromatic carbocycles. The molecule has 0 spiro atoms. The normalized spacial score (nSPS) is 19.0. The van der Waals surface area contributed by atoms with Crippen LogP contribution in [0.25, 0.3) is 0 Å². The van der Waals surface area contributed by atoms with Crippen LogP contribution in [0.1, 0.15) is 56.2 Å². The van der Waals surface area contributed by atoms with Gasteiger partial charge in [-0.1, -0.05) is 60.0 Å². The first kappa shape index (κ1) is 26.3. The number of nitrogens with zero attached hydrogens (tertiary/aromatic N) is 2. The second kappa shape index (κ2) is 10.7. The highest BCUT2D eigenvalue weighted by molar-refractivity contribution is 6.20. The number of allylic oxidation sites excluding steroid dienone is 1. The Hall–Kier alpha value is -3.74. The van der Waals surface area contributed by atoms with E-state index in [0.717, 1.165) is 28.7 Å². The maximum Gasteiger partial charge on any atom is 0.312 e. The molecule has 1 saturated carbocycles. The average Bonchev–Trinajstić information content (AvgIpc) is 2.94. The Morgan fingerprint density at radius 2 is 1.86 bits per heavy atom. The number of esters is 1. The number of amides is 2. The number of anilines is 1. The Balaban J connectivity index is 1.74. The molecule has 2 amide bonds. The van der Waals surface area contributed by atoms with Crippen LogP contribution in [-0.4, -0.2) is 43.3 Å². The van der Waals surface area contributed by atoms with Gasteiger partial charge in [0.2, 0.25) is 12.1 Å². The standard InChI is InChI=1S/C30H35N3O4/c1-6-37-29(36)30(16-9-17-30)23(18-19(2)3)27(34)32-26-28(35)33(5)24-11-8-7-10-22(24)25(31-26)21-14-12-20(4)13-15-21/h7-8,10-15,23,26H,2,6,9,16-18H2,1,3-5H3,(H,32,34). The second-order valence-electron chi connectivity index (χ2n) is 10.1. The third-order valence-corrected chi connectivity index (χ3v) is 7.41. The molecular formula is C30H35N3O4. The predicted octanol–water partition coefficient (Wildman–Crippen LogP) is 4.57. The fourth-order valence-corrected chi connectivity index (χ4v) is 5.21. The van der Waals surface area contributed by atoms with Crippen LogP contribution in [0, 0.1) is 18.3 Å². The molecule has 2 atom stereocenters. The Labute approximate surface area is 218 Å². The average molecular weight is 502 g/mol. The molecule has 2 aromatic rings. The number of nitrogens with one attached hydrogen (secondary N) is 1. The highest BCUT2D eigenvalue weighted by Crippen LogP contribution is 2.50. The third kappa shape index (κ3) is 5.08. The lowest BCUT2D eigenvalue weighted by molar-refractivity contribution is -0.170. The molecule has 0 radical (unpaired) electrons. The zero-order chi connectivity index (χ0) is 26.7. The Kier molecular flexibility index (Phi) is 7.62. The summed E-state index contributed by atoms with van der Waals surface area (Å²) in [5.41, 5.74) is 3.97. The van der Waals surface area contributed by atoms with Crippen molar-refractivity contribution in [3.8, 4) is 0 Å². The van der Waals surface area contributed by atoms with Crippen molar-refractivity contribution in [2.24, 2.45) is 16.3 Å². The van der Waals surface area contributed by atoms with E-state index in [4.69, 9.17) is 9.73 Å². The quantitative estimate of drug-likeness (QED) is 0.424. The number of benzodiazepines with no additional fused rings is 1. The first-order valence-corrected chi connectivity index (χ1v) is 12.8. The summed E-state index contributed by atoms with van der Waals surface area (Å²) < 4.78 is 5.39. The Morgan fingerprint density at radius 3 is 2.46 bits per heavy atom. The van der Waals surface area contributed by atoms with Crippen molar-refractivity contribution in [3.63, 3.8) is 0 Å². The van der Waals surface area contributed by atoms with E-state index in [2.05, 4.69) is 11.9 Å². The van der Waals surface area contributed by atoms with Gasteiger partial charge in [0.25, 0.3) is 5.91 Å². The molecule has 1 heterocycles. The number of likely N-dealkylation sites (N-methyl/N-ethyl adjacent to an activating group) is 1. The van der Waals surface area contributed by atoms with Gasteiger partial charge in [-0.15, -0.1) is 6.58 Å². The van der Waals surface area contributed by atoms with Crippen LogP contribution < -0.4 is 10.2 Å². The number of para-hydroxylation sites is 1. The summed E-state index contributed by atoms with van der Waals surface area (Å²) in [5.74, 6) is -1.79. The second-order valence-corrected chi connectivity index (χ2v) is 10.1. The maximum absolute atomic E-state index is 13.8. The lowest BCUT2D eigenvalue weighted by Gasteiger charge is -2.44. The van der Waals surface area contributed by atoms with Gasteiger partial charge in [-0.2, -0.15) is 0 Å². The summed E-state index contributed by atoms with van der Waals surface area (Å²) in [6.07, 6.45) is 1.16. The van der Waals surface area contributed by atoms with Gasteiger partial charge >= 0.3 is 5.97 Å². The molecule has 4 rings (SSSR count). The number of aryl methyl sites for hydroxylation is 1. The molecule has 0 bridgehead atoms. The highest BCUT2D eigenvalue weighted by Gasteiger charge is 2.54. The molecule has 37 heavy (non-hydrogen) atoms. The van der Waals surface area contributed by atoms with Crippen molar-refractivity contribution < 1.29 is 19.1 Å². The van der Waals surface area contributed by atoms with Gasteiger partial charge in [-0.05, 0) is 46.1 Å². The number of carbonyl (C=O) groups is 3. The van der Waals surface area contributed by atoms with E-state index in [1.165, 1.54) is 4.90 Å². The van der Waals surface area contributed by atoms with Gasteiger partial charge in [0, 0.05) is 18.2 Å². The van der Waals surface area contributed by atoms with Crippen molar-refractivity contribution in [3.05, 3.63) is 77.4 Å². The summed E-state index contributed by atoms with van der Waals surface area (Å²) in [4.78, 5) is 46.8. The number of aliphatic imine (C=N–C) groups is 1. The molecule has 1 aliphatic heterocycles. The molecule has 2 unspecified atom stereocenters. The van der Waals surface area contributed by atoms with Crippen LogP contribution in [0.3, 0.4) is 0 Å². The lowest BCUT2D eigenvalue weighted by atomic mass is 9.59. The SMILES string of the molecule is C=C(C)CC(C(=O)NC1N=C(c2ccc(C)cc2)c2ccccc2N(C)C1=O)C1(C(=O)OCC)CCC1. The zero-order valence-corrected chi connectivity index (χ0v) is 22.0. The molecule has 194 valence electrons. The molecule has 0 aromatic heterocycles. The number of hydrogen-bond acceptors (Lipinski definition) is 5. The summed E-state index contributed by atoms with van der Waals surface area (Å²) in [6, 6.07) is 15.5. The molecule has 2 aliphatic rings. The first-order chi connectivity index (χ1) is 17.7. The van der Waals surface area contributed by atoms with Gasteiger partial charge in [0.05, 0.1) is 29.3 Å². The van der Waals surface area contributed by atoms with Gasteiger partial charge < -0.3 is 15.0 Å². The van der Waals surface area contributed by atoms with Gasteiger partial charge in [-0.3, -0.25) is 14.4 Å². The Bertz CT molecular complexity index is 1240. The van der Waals surface area contributed by atoms with E-state index in [1.54, 1.807) is 14.0 Å². The van der Waals surface area contributed by atoms with E-state index in [1.807, 2.05) is 62.4 Å². The number of rotatable bonds is 8. The van der Waals surface area contributed by atoms with Crippen LogP contribution in [-0.2, 0) is 19.1 Å². The summed E-state index contributed by atoms with van der Waals surface area (Å²) in [6.45, 7) is 9.85. The minimum Gasteiger partial charge on any atom is -0.466 e. The van der Waals surface area contributed by atoms with E-state index in [-0.39, 0.29) is 24.4 Å². The van der Waals surface area contributed by atoms with Crippen molar-refractivity contribution in [1.29, 1.82) is 0 Å². The van der Waals surface area contributed by atoms with E-state index < -0.39 is 17.5 Å². The molecule has 7 nitrogen and oxygen atoms in total. The topological polar surface area (TPSA) is 88.1 Å². The number of carbonyl (C=O) groups excluding carboxylic acids is 3. The number of fused-ring (bicyclic) bond motifs is 1. The lowest BCUT2D eigenvalue weighted by Crippen LogP contribution is -2.55. The summed E-state index contributed by atoms with van der Waals surface area (Å²) >= 11 is 0. The monoisotopic (exact) mass is 501 g/mol. The van der Waals surface area contributed by atoms with Gasteiger partial charge in [-0.25, -0.2) is 4.99 Å². The molecule has 1 N–H and O–H groups in total. The zero-order valence-electron chi connectivity index (χ0n) is 22.0. The summed E-state index contributed by atoms with van der Waals surface area (Å²) in [7, 11) is 1.69. The van der Waals surface area contributed by atoms with Crippen molar-refractivity contribution in [2.75, 3.05) is 18.6 Å². The predicted molar refractivity (Wildman–Crippen MR) is 144 cm³/mol. The third-order valence-electron chi connectivity index (χ3n) is 7.41. The molecule has 1 fully saturated rings. The maximum atomic E-state index is 13.8. The number of hydrogen-bond donors (Lipinski definition) is 1. The minimum absolute atomic E-state index is 0.246. The fourth-order valence-electron chi connectivity index (χ4n) is 5.21. The number of benzene rings is 2. The molecule has 0 saturated heterocycles. The first-order valence-electron chi connectivity index (χ1n) is 12.8. The van der Waals surface area contributed by atoms with E-state index in [0.29, 0.717) is 30.7 Å². The van der Waals surface area contributed by atoms with Crippen molar-refractivity contribution >= 4 is 29.2 Å². The molecule has 1 aliphatic carbocycles. The largest absolute Gasteiger partial charge is 0.466 e. The van der Waals surface area contributed by atoms with Crippen molar-refractivity contribution in [2.45, 2.75) is 52.6 Å². The van der Waals surface area contributed by atoms with E-state index in [9.17, 15) is 14.4 Å². The van der Waals surface area contributed by atoms with Crippen LogP contribution in [0.2, 0.25) is 0 Å². The van der Waals surface area contributed by atoms with Crippen LogP contribution in [0.5, 0.6) is 0 Å². The summed E-state index contributed by atoms with van der Waals surface area (Å²) in [5, 5.41) is 2.89. The van der Waals surface area contributed by atoms with E-state index >= 15 is 0 Å². The highest BCUT2D eigenvalue weighted by atomic mass is 16.5. The van der Waals surface area contributed by atoms with Crippen LogP contribution in [0.15, 0.2) is 65.7 Å². The minimum atomic E-state index is -1.15.